The first-order valence-electron chi connectivity index (χ1n) is 13.5. The van der Waals surface area contributed by atoms with Crippen LogP contribution in [0.15, 0.2) is 0 Å². The van der Waals surface area contributed by atoms with Gasteiger partial charge in [0.2, 0.25) is 0 Å². The van der Waals surface area contributed by atoms with E-state index in [1.807, 2.05) is 0 Å². The highest BCUT2D eigenvalue weighted by molar-refractivity contribution is 5.16. The number of fused-ring (bicyclic) bond motifs is 7. The van der Waals surface area contributed by atoms with Gasteiger partial charge in [-0.1, -0.05) is 20.8 Å². The van der Waals surface area contributed by atoms with Gasteiger partial charge in [0.25, 0.3) is 0 Å². The fourth-order valence-corrected chi connectivity index (χ4v) is 10.4. The molecule has 32 heavy (non-hydrogen) atoms. The van der Waals surface area contributed by atoms with Crippen LogP contribution < -0.4 is 0 Å². The minimum atomic E-state index is -0.439. The van der Waals surface area contributed by atoms with E-state index in [0.29, 0.717) is 48.5 Å². The molecule has 3 N–H and O–H groups in total. The van der Waals surface area contributed by atoms with Crippen molar-refractivity contribution in [2.45, 2.75) is 103 Å². The van der Waals surface area contributed by atoms with Crippen LogP contribution in [0, 0.1) is 52.3 Å². The van der Waals surface area contributed by atoms with Crippen molar-refractivity contribution < 1.29 is 24.8 Å². The van der Waals surface area contributed by atoms with E-state index in [9.17, 15) is 15.3 Å². The highest BCUT2D eigenvalue weighted by Gasteiger charge is 2.69. The van der Waals surface area contributed by atoms with E-state index >= 15 is 0 Å². The van der Waals surface area contributed by atoms with Crippen molar-refractivity contribution in [1.82, 2.24) is 0 Å². The van der Waals surface area contributed by atoms with Gasteiger partial charge in [-0.05, 0) is 91.8 Å². The first kappa shape index (κ1) is 22.3. The van der Waals surface area contributed by atoms with E-state index in [0.717, 1.165) is 32.1 Å². The highest BCUT2D eigenvalue weighted by atomic mass is 16.7. The number of hydrogen-bond donors (Lipinski definition) is 3. The molecule has 2 saturated heterocycles. The Hall–Kier alpha value is -0.200. The largest absolute Gasteiger partial charge is 0.396 e. The molecule has 6 aliphatic rings. The summed E-state index contributed by atoms with van der Waals surface area (Å²) in [6.07, 6.45) is 8.88. The van der Waals surface area contributed by atoms with E-state index in [1.165, 1.54) is 19.3 Å². The zero-order chi connectivity index (χ0) is 22.5. The first-order chi connectivity index (χ1) is 15.2. The predicted octanol–water partition coefficient (Wildman–Crippen LogP) is 3.74. The lowest BCUT2D eigenvalue weighted by atomic mass is 9.43. The lowest BCUT2D eigenvalue weighted by Crippen LogP contribution is -2.59. The average Bonchev–Trinajstić information content (AvgIpc) is 3.20. The molecule has 5 nitrogen and oxygen atoms in total. The summed E-state index contributed by atoms with van der Waals surface area (Å²) in [5, 5.41) is 31.0. The maximum Gasteiger partial charge on any atom is 0.171 e. The zero-order valence-corrected chi connectivity index (χ0v) is 20.2. The standard InChI is InChI=1S/C27H44O5/c1-15-24-22(32-27(15)9-6-16(13-28)14-31-27)12-21-19-5-4-17-10-18(29)11-23(30)26(17,3)20(19)7-8-25(21,24)2/h15-24,28-30H,4-14H2,1-3H3/t15?,16?,17-,18-,19?,20?,21?,22?,23-,24?,25?,26?,27?/m1/s1. The molecule has 0 aromatic heterocycles. The molecule has 13 atom stereocenters. The van der Waals surface area contributed by atoms with Gasteiger partial charge in [-0.3, -0.25) is 0 Å². The summed E-state index contributed by atoms with van der Waals surface area (Å²) in [6, 6.07) is 0. The second-order valence-electron chi connectivity index (χ2n) is 13.1. The Morgan fingerprint density at radius 3 is 2.47 bits per heavy atom. The van der Waals surface area contributed by atoms with Gasteiger partial charge in [-0.2, -0.15) is 0 Å². The van der Waals surface area contributed by atoms with Crippen LogP contribution in [0.1, 0.15) is 78.6 Å². The number of aliphatic hydroxyl groups excluding tert-OH is 3. The SMILES string of the molecule is CC1C2C(CC3C4CC[C@@H]5C[C@@H](O)C[C@@H](O)C5(C)C4CCC32C)OC12CCC(CO)CO2. The zero-order valence-electron chi connectivity index (χ0n) is 20.2. The number of hydrogen-bond acceptors (Lipinski definition) is 5. The monoisotopic (exact) mass is 448 g/mol. The van der Waals surface area contributed by atoms with Crippen LogP contribution in [-0.2, 0) is 9.47 Å². The van der Waals surface area contributed by atoms with Crippen LogP contribution in [0.2, 0.25) is 0 Å². The molecule has 0 bridgehead atoms. The molecular weight excluding hydrogens is 404 g/mol. The Labute approximate surface area is 193 Å². The van der Waals surface area contributed by atoms with E-state index in [4.69, 9.17) is 9.47 Å². The predicted molar refractivity (Wildman–Crippen MR) is 121 cm³/mol. The van der Waals surface area contributed by atoms with E-state index in [2.05, 4.69) is 20.8 Å². The van der Waals surface area contributed by atoms with Crippen LogP contribution in [0.5, 0.6) is 0 Å². The fraction of sp³-hybridized carbons (Fsp3) is 1.00. The molecule has 4 saturated carbocycles. The van der Waals surface area contributed by atoms with Crippen LogP contribution in [0.3, 0.4) is 0 Å². The summed E-state index contributed by atoms with van der Waals surface area (Å²) in [5.74, 6) is 3.12. The van der Waals surface area contributed by atoms with Crippen molar-refractivity contribution in [3.8, 4) is 0 Å². The molecule has 0 radical (unpaired) electrons. The molecule has 4 aliphatic carbocycles. The van der Waals surface area contributed by atoms with Crippen molar-refractivity contribution in [2.75, 3.05) is 13.2 Å². The van der Waals surface area contributed by atoms with Crippen molar-refractivity contribution in [1.29, 1.82) is 0 Å². The summed E-state index contributed by atoms with van der Waals surface area (Å²) in [6.45, 7) is 8.10. The molecule has 2 heterocycles. The molecule has 0 aromatic carbocycles. The van der Waals surface area contributed by atoms with Gasteiger partial charge in [0.05, 0.1) is 24.9 Å². The molecule has 5 heteroatoms. The normalized spacial score (nSPS) is 61.7. The number of aliphatic hydroxyl groups is 3. The van der Waals surface area contributed by atoms with Crippen molar-refractivity contribution >= 4 is 0 Å². The maximum atomic E-state index is 11.2. The van der Waals surface area contributed by atoms with Gasteiger partial charge in [-0.25, -0.2) is 0 Å². The summed E-state index contributed by atoms with van der Waals surface area (Å²) in [4.78, 5) is 0. The van der Waals surface area contributed by atoms with E-state index < -0.39 is 5.79 Å². The second kappa shape index (κ2) is 7.40. The third kappa shape index (κ3) is 2.81. The molecule has 182 valence electrons. The second-order valence-corrected chi connectivity index (χ2v) is 13.1. The summed E-state index contributed by atoms with van der Waals surface area (Å²) in [7, 11) is 0. The molecule has 0 amide bonds. The Kier molecular flexibility index (Phi) is 5.15. The van der Waals surface area contributed by atoms with Crippen molar-refractivity contribution in [3.05, 3.63) is 0 Å². The topological polar surface area (TPSA) is 79.2 Å². The molecule has 1 spiro atoms. The van der Waals surface area contributed by atoms with Gasteiger partial charge in [-0.15, -0.1) is 0 Å². The fourth-order valence-electron chi connectivity index (χ4n) is 10.4. The molecule has 6 fully saturated rings. The quantitative estimate of drug-likeness (QED) is 0.570. The summed E-state index contributed by atoms with van der Waals surface area (Å²) < 4.78 is 13.2. The maximum absolute atomic E-state index is 11.2. The van der Waals surface area contributed by atoms with Crippen LogP contribution in [-0.4, -0.2) is 52.6 Å². The minimum Gasteiger partial charge on any atom is -0.396 e. The Morgan fingerprint density at radius 1 is 0.938 bits per heavy atom. The highest BCUT2D eigenvalue weighted by Crippen LogP contribution is 2.71. The smallest absolute Gasteiger partial charge is 0.171 e. The van der Waals surface area contributed by atoms with Gasteiger partial charge in [0.1, 0.15) is 0 Å². The van der Waals surface area contributed by atoms with Crippen molar-refractivity contribution in [2.24, 2.45) is 52.3 Å². The Bertz CT molecular complexity index is 734. The Morgan fingerprint density at radius 2 is 1.75 bits per heavy atom. The van der Waals surface area contributed by atoms with Gasteiger partial charge in [0.15, 0.2) is 5.79 Å². The van der Waals surface area contributed by atoms with Gasteiger partial charge in [0, 0.05) is 24.9 Å². The Balaban J connectivity index is 1.25. The summed E-state index contributed by atoms with van der Waals surface area (Å²) >= 11 is 0. The van der Waals surface area contributed by atoms with Crippen LogP contribution in [0.25, 0.3) is 0 Å². The third-order valence-electron chi connectivity index (χ3n) is 12.1. The minimum absolute atomic E-state index is 0.0410. The first-order valence-corrected chi connectivity index (χ1v) is 13.5. The molecule has 0 aromatic rings. The molecule has 10 unspecified atom stereocenters. The summed E-state index contributed by atoms with van der Waals surface area (Å²) in [5.41, 5.74) is 0.245. The van der Waals surface area contributed by atoms with Crippen LogP contribution in [0.4, 0.5) is 0 Å². The molecule has 2 aliphatic heterocycles. The lowest BCUT2D eigenvalue weighted by Gasteiger charge is -2.62. The van der Waals surface area contributed by atoms with Gasteiger partial charge >= 0.3 is 0 Å². The van der Waals surface area contributed by atoms with E-state index in [-0.39, 0.29) is 41.7 Å². The van der Waals surface area contributed by atoms with Crippen molar-refractivity contribution in [3.63, 3.8) is 0 Å². The lowest BCUT2D eigenvalue weighted by molar-refractivity contribution is -0.276. The number of rotatable bonds is 1. The molecular formula is C27H44O5. The van der Waals surface area contributed by atoms with E-state index in [1.54, 1.807) is 0 Å². The molecule has 6 rings (SSSR count). The third-order valence-corrected chi connectivity index (χ3v) is 12.1. The van der Waals surface area contributed by atoms with Crippen LogP contribution >= 0.6 is 0 Å². The van der Waals surface area contributed by atoms with Gasteiger partial charge < -0.3 is 24.8 Å². The number of ether oxygens (including phenoxy) is 2. The average molecular weight is 449 g/mol.